The minimum Gasteiger partial charge on any atom is -0.508 e. The lowest BCUT2D eigenvalue weighted by Crippen LogP contribution is -2.58. The molecule has 0 aromatic heterocycles. The first-order chi connectivity index (χ1) is 21.8. The molecule has 252 valence electrons. The van der Waals surface area contributed by atoms with Gasteiger partial charge in [-0.15, -0.1) is 0 Å². The Morgan fingerprint density at radius 2 is 1.37 bits per heavy atom. The molecule has 0 aliphatic carbocycles. The SMILES string of the molecule is Cc1cc(O)cc(C)c1C[C@@H](NC(=O)[C@@H](N)CCCN=C(N)N)C(=O)N[C@H](CCCCN)C(=O)N[C@@H](Cc1ccccc1)C(N)=O. The molecule has 0 spiro atoms. The zero-order chi connectivity index (χ0) is 34.2. The van der Waals surface area contributed by atoms with Crippen molar-refractivity contribution in [2.75, 3.05) is 13.1 Å². The smallest absolute Gasteiger partial charge is 0.243 e. The summed E-state index contributed by atoms with van der Waals surface area (Å²) in [6.07, 6.45) is 2.27. The van der Waals surface area contributed by atoms with Gasteiger partial charge in [0.1, 0.15) is 23.9 Å². The quantitative estimate of drug-likeness (QED) is 0.0530. The van der Waals surface area contributed by atoms with Gasteiger partial charge < -0.3 is 49.7 Å². The van der Waals surface area contributed by atoms with Crippen molar-refractivity contribution >= 4 is 29.6 Å². The van der Waals surface area contributed by atoms with Crippen molar-refractivity contribution in [2.24, 2.45) is 33.7 Å². The highest BCUT2D eigenvalue weighted by Crippen LogP contribution is 2.22. The van der Waals surface area contributed by atoms with Crippen LogP contribution in [0.4, 0.5) is 0 Å². The molecule has 14 nitrogen and oxygen atoms in total. The normalized spacial score (nSPS) is 13.5. The number of primary amides is 1. The molecular weight excluding hydrogens is 590 g/mol. The van der Waals surface area contributed by atoms with Crippen molar-refractivity contribution in [3.63, 3.8) is 0 Å². The second-order valence-electron chi connectivity index (χ2n) is 11.4. The van der Waals surface area contributed by atoms with Crippen LogP contribution in [0.1, 0.15) is 54.4 Å². The topological polar surface area (TPSA) is 267 Å². The van der Waals surface area contributed by atoms with E-state index in [1.54, 1.807) is 26.0 Å². The van der Waals surface area contributed by atoms with Crippen LogP contribution in [0.3, 0.4) is 0 Å². The molecule has 14 heteroatoms. The fraction of sp³-hybridized carbons (Fsp3) is 0.469. The van der Waals surface area contributed by atoms with E-state index in [4.69, 9.17) is 28.7 Å². The first kappa shape index (κ1) is 37.5. The average Bonchev–Trinajstić information content (AvgIpc) is 2.99. The van der Waals surface area contributed by atoms with Crippen molar-refractivity contribution in [2.45, 2.75) is 83.0 Å². The second-order valence-corrected chi connectivity index (χ2v) is 11.4. The number of hydrogen-bond donors (Lipinski definition) is 9. The molecule has 0 aliphatic heterocycles. The second kappa shape index (κ2) is 19.0. The van der Waals surface area contributed by atoms with Crippen LogP contribution in [0.15, 0.2) is 47.5 Å². The van der Waals surface area contributed by atoms with Crippen LogP contribution in [-0.4, -0.2) is 72.0 Å². The van der Waals surface area contributed by atoms with Gasteiger partial charge in [-0.3, -0.25) is 24.2 Å². The fourth-order valence-corrected chi connectivity index (χ4v) is 5.01. The molecule has 0 bridgehead atoms. The van der Waals surface area contributed by atoms with Crippen LogP contribution in [0.5, 0.6) is 5.75 Å². The summed E-state index contributed by atoms with van der Waals surface area (Å²) in [6.45, 7) is 4.25. The number of rotatable bonds is 19. The van der Waals surface area contributed by atoms with Crippen molar-refractivity contribution in [1.29, 1.82) is 0 Å². The van der Waals surface area contributed by atoms with E-state index in [2.05, 4.69) is 20.9 Å². The highest BCUT2D eigenvalue weighted by Gasteiger charge is 2.30. The maximum atomic E-state index is 13.8. The van der Waals surface area contributed by atoms with E-state index in [0.717, 1.165) is 11.1 Å². The number of amides is 4. The third-order valence-electron chi connectivity index (χ3n) is 7.55. The molecule has 0 aliphatic rings. The molecule has 14 N–H and O–H groups in total. The number of hydrogen-bond acceptors (Lipinski definition) is 8. The minimum atomic E-state index is -1.13. The maximum absolute atomic E-state index is 13.8. The first-order valence-corrected chi connectivity index (χ1v) is 15.4. The highest BCUT2D eigenvalue weighted by molar-refractivity contribution is 5.94. The summed E-state index contributed by atoms with van der Waals surface area (Å²) in [4.78, 5) is 56.6. The molecule has 4 amide bonds. The molecule has 0 radical (unpaired) electrons. The van der Waals surface area contributed by atoms with Gasteiger partial charge in [0.15, 0.2) is 5.96 Å². The van der Waals surface area contributed by atoms with Gasteiger partial charge >= 0.3 is 0 Å². The predicted octanol–water partition coefficient (Wildman–Crippen LogP) is -0.756. The van der Waals surface area contributed by atoms with E-state index in [1.165, 1.54) is 0 Å². The Hall–Kier alpha value is -4.69. The van der Waals surface area contributed by atoms with Crippen LogP contribution >= 0.6 is 0 Å². The number of guanidine groups is 1. The van der Waals surface area contributed by atoms with Gasteiger partial charge in [0.2, 0.25) is 23.6 Å². The van der Waals surface area contributed by atoms with Gasteiger partial charge in [-0.05, 0) is 86.9 Å². The zero-order valence-corrected chi connectivity index (χ0v) is 26.6. The van der Waals surface area contributed by atoms with Gasteiger partial charge in [-0.1, -0.05) is 30.3 Å². The fourth-order valence-electron chi connectivity index (χ4n) is 5.01. The van der Waals surface area contributed by atoms with Gasteiger partial charge in [-0.25, -0.2) is 0 Å². The molecule has 2 rings (SSSR count). The molecule has 0 unspecified atom stereocenters. The van der Waals surface area contributed by atoms with Crippen LogP contribution in [0.2, 0.25) is 0 Å². The molecule has 0 fully saturated rings. The van der Waals surface area contributed by atoms with Crippen LogP contribution in [0.25, 0.3) is 0 Å². The summed E-state index contributed by atoms with van der Waals surface area (Å²) in [5, 5.41) is 18.2. The lowest BCUT2D eigenvalue weighted by molar-refractivity contribution is -0.133. The molecule has 46 heavy (non-hydrogen) atoms. The van der Waals surface area contributed by atoms with Gasteiger partial charge in [0, 0.05) is 19.4 Å². The Balaban J connectivity index is 2.30. The molecule has 0 saturated carbocycles. The van der Waals surface area contributed by atoms with Gasteiger partial charge in [0.05, 0.1) is 6.04 Å². The number of unbranched alkanes of at least 4 members (excludes halogenated alkanes) is 1. The average molecular weight is 640 g/mol. The Bertz CT molecular complexity index is 1330. The van der Waals surface area contributed by atoms with E-state index in [9.17, 15) is 24.3 Å². The first-order valence-electron chi connectivity index (χ1n) is 15.4. The largest absolute Gasteiger partial charge is 0.508 e. The summed E-state index contributed by atoms with van der Waals surface area (Å²) in [7, 11) is 0. The standard InChI is InChI=1S/C32H49N9O5/c1-19-15-22(42)16-20(2)23(19)18-27(41-29(44)24(34)11-8-14-38-32(36)37)31(46)39-25(12-6-7-13-33)30(45)40-26(28(35)43)17-21-9-4-3-5-10-21/h3-5,9-10,15-16,24-27,42H,6-8,11-14,17-18,33-34H2,1-2H3,(H2,35,43)(H,39,46)(H,40,45)(H,41,44)(H4,36,37,38)/t24-,25+,26-,27+/m0/s1. The summed E-state index contributed by atoms with van der Waals surface area (Å²) in [6, 6.07) is 8.07. The van der Waals surface area contributed by atoms with Gasteiger partial charge in [0.25, 0.3) is 0 Å². The van der Waals surface area contributed by atoms with Crippen LogP contribution in [0, 0.1) is 13.8 Å². The van der Waals surface area contributed by atoms with Gasteiger partial charge in [-0.2, -0.15) is 0 Å². The van der Waals surface area contributed by atoms with Crippen LogP contribution in [-0.2, 0) is 32.0 Å². The number of carbonyl (C=O) groups is 4. The maximum Gasteiger partial charge on any atom is 0.243 e. The molecule has 4 atom stereocenters. The molecule has 2 aromatic rings. The number of nitrogens with two attached hydrogens (primary N) is 5. The Kier molecular flexibility index (Phi) is 15.5. The summed E-state index contributed by atoms with van der Waals surface area (Å²) >= 11 is 0. The molecular formula is C32H49N9O5. The predicted molar refractivity (Wildman–Crippen MR) is 177 cm³/mol. The zero-order valence-electron chi connectivity index (χ0n) is 26.6. The number of aliphatic imine (C=N–C) groups is 1. The Morgan fingerprint density at radius 1 is 0.783 bits per heavy atom. The van der Waals surface area contributed by atoms with Crippen molar-refractivity contribution in [3.8, 4) is 5.75 Å². The van der Waals surface area contributed by atoms with E-state index in [1.807, 2.05) is 30.3 Å². The summed E-state index contributed by atoms with van der Waals surface area (Å²) in [5.41, 5.74) is 31.1. The number of aromatic hydroxyl groups is 1. The monoisotopic (exact) mass is 639 g/mol. The molecule has 0 saturated heterocycles. The van der Waals surface area contributed by atoms with Crippen molar-refractivity contribution < 1.29 is 24.3 Å². The Labute approximate surface area is 269 Å². The van der Waals surface area contributed by atoms with E-state index < -0.39 is 47.8 Å². The summed E-state index contributed by atoms with van der Waals surface area (Å²) in [5.74, 6) is -2.51. The number of phenols is 1. The number of carbonyl (C=O) groups excluding carboxylic acids is 4. The lowest BCUT2D eigenvalue weighted by Gasteiger charge is -2.26. The molecule has 0 heterocycles. The highest BCUT2D eigenvalue weighted by atomic mass is 16.3. The number of nitrogens with zero attached hydrogens (tertiary/aromatic N) is 1. The third-order valence-corrected chi connectivity index (χ3v) is 7.55. The molecule has 2 aromatic carbocycles. The van der Waals surface area contributed by atoms with E-state index in [0.29, 0.717) is 36.9 Å². The minimum absolute atomic E-state index is 0.0608. The van der Waals surface area contributed by atoms with E-state index in [-0.39, 0.29) is 43.9 Å². The summed E-state index contributed by atoms with van der Waals surface area (Å²) < 4.78 is 0. The third kappa shape index (κ3) is 12.7. The van der Waals surface area contributed by atoms with Crippen molar-refractivity contribution in [3.05, 3.63) is 64.7 Å². The van der Waals surface area contributed by atoms with Crippen LogP contribution < -0.4 is 44.6 Å². The Morgan fingerprint density at radius 3 is 1.96 bits per heavy atom. The lowest BCUT2D eigenvalue weighted by atomic mass is 9.95. The number of benzene rings is 2. The number of aryl methyl sites for hydroxylation is 2. The number of phenolic OH excluding ortho intramolecular Hbond substituents is 1. The van der Waals surface area contributed by atoms with Crippen molar-refractivity contribution in [1.82, 2.24) is 16.0 Å². The van der Waals surface area contributed by atoms with E-state index >= 15 is 0 Å². The number of nitrogens with one attached hydrogen (secondary N) is 3.